The number of nitrogens with one attached hydrogen (secondary N) is 2. The number of carbonyl (C=O) groups is 2. The maximum absolute atomic E-state index is 12.7. The summed E-state index contributed by atoms with van der Waals surface area (Å²) in [6.07, 6.45) is 2.78. The molecule has 2 heterocycles. The zero-order valence-corrected chi connectivity index (χ0v) is 16.8. The monoisotopic (exact) mass is 389 g/mol. The van der Waals surface area contributed by atoms with Gasteiger partial charge in [0.05, 0.1) is 26.0 Å². The quantitative estimate of drug-likeness (QED) is 0.779. The van der Waals surface area contributed by atoms with Crippen molar-refractivity contribution in [2.45, 2.75) is 26.2 Å². The van der Waals surface area contributed by atoms with E-state index in [0.29, 0.717) is 61.6 Å². The number of nitrogens with zero attached hydrogens (tertiary/aromatic N) is 1. The van der Waals surface area contributed by atoms with Crippen molar-refractivity contribution in [1.29, 1.82) is 0 Å². The second kappa shape index (κ2) is 9.89. The number of piperidine rings is 1. The average Bonchev–Trinajstić information content (AvgIpc) is 2.74. The van der Waals surface area contributed by atoms with Crippen LogP contribution in [0.3, 0.4) is 0 Å². The molecule has 2 atom stereocenters. The summed E-state index contributed by atoms with van der Waals surface area (Å²) in [5, 5.41) is 6.36. The van der Waals surface area contributed by atoms with Gasteiger partial charge in [0, 0.05) is 25.1 Å². The van der Waals surface area contributed by atoms with Crippen LogP contribution in [0.1, 0.15) is 36.5 Å². The molecule has 2 amide bonds. The first-order valence-electron chi connectivity index (χ1n) is 10.1. The maximum atomic E-state index is 12.7. The highest BCUT2D eigenvalue weighted by Crippen LogP contribution is 2.28. The predicted octanol–water partition coefficient (Wildman–Crippen LogP) is 2.13. The van der Waals surface area contributed by atoms with Crippen LogP contribution in [-0.4, -0.2) is 63.2 Å². The van der Waals surface area contributed by atoms with E-state index >= 15 is 0 Å². The van der Waals surface area contributed by atoms with Crippen molar-refractivity contribution in [3.05, 3.63) is 23.8 Å². The Morgan fingerprint density at radius 3 is 2.82 bits per heavy atom. The smallest absolute Gasteiger partial charge is 0.254 e. The van der Waals surface area contributed by atoms with Gasteiger partial charge in [-0.3, -0.25) is 9.59 Å². The fourth-order valence-electron chi connectivity index (χ4n) is 3.91. The molecule has 2 aliphatic rings. The van der Waals surface area contributed by atoms with Crippen molar-refractivity contribution in [2.75, 3.05) is 51.8 Å². The zero-order valence-electron chi connectivity index (χ0n) is 16.8. The number of morpholine rings is 1. The van der Waals surface area contributed by atoms with Gasteiger partial charge in [0.2, 0.25) is 5.91 Å². The van der Waals surface area contributed by atoms with Gasteiger partial charge in [-0.25, -0.2) is 0 Å². The number of anilines is 1. The lowest BCUT2D eigenvalue weighted by molar-refractivity contribution is -0.117. The Morgan fingerprint density at radius 2 is 2.14 bits per heavy atom. The zero-order chi connectivity index (χ0) is 19.9. The summed E-state index contributed by atoms with van der Waals surface area (Å²) in [4.78, 5) is 27.1. The third-order valence-electron chi connectivity index (χ3n) is 5.67. The van der Waals surface area contributed by atoms with Crippen LogP contribution in [0, 0.1) is 11.8 Å². The number of benzene rings is 1. The van der Waals surface area contributed by atoms with Gasteiger partial charge in [-0.15, -0.1) is 0 Å². The van der Waals surface area contributed by atoms with E-state index < -0.39 is 0 Å². The molecule has 28 heavy (non-hydrogen) atoms. The van der Waals surface area contributed by atoms with Gasteiger partial charge in [-0.05, 0) is 56.0 Å². The molecule has 0 spiro atoms. The largest absolute Gasteiger partial charge is 0.495 e. The lowest BCUT2D eigenvalue weighted by Crippen LogP contribution is -2.40. The number of rotatable bonds is 6. The van der Waals surface area contributed by atoms with Crippen molar-refractivity contribution in [3.8, 4) is 5.75 Å². The highest BCUT2D eigenvalue weighted by atomic mass is 16.5. The number of hydrogen-bond acceptors (Lipinski definition) is 5. The standard InChI is InChI=1S/C21H31N3O4/c1-15(17-4-3-7-22-14-17)12-20(25)23-18-13-16(5-6-19(18)27-2)21(26)24-8-10-28-11-9-24/h5-6,13,15,17,22H,3-4,7-12,14H2,1-2H3,(H,23,25). The molecule has 3 rings (SSSR count). The molecule has 0 radical (unpaired) electrons. The number of hydrogen-bond donors (Lipinski definition) is 2. The predicted molar refractivity (Wildman–Crippen MR) is 108 cm³/mol. The van der Waals surface area contributed by atoms with E-state index in [1.807, 2.05) is 0 Å². The number of ether oxygens (including phenoxy) is 2. The van der Waals surface area contributed by atoms with E-state index in [0.717, 1.165) is 25.9 Å². The summed E-state index contributed by atoms with van der Waals surface area (Å²) in [6, 6.07) is 5.18. The lowest BCUT2D eigenvalue weighted by Gasteiger charge is -2.28. The van der Waals surface area contributed by atoms with E-state index in [-0.39, 0.29) is 11.8 Å². The summed E-state index contributed by atoms with van der Waals surface area (Å²) >= 11 is 0. The lowest BCUT2D eigenvalue weighted by atomic mass is 9.85. The molecule has 7 heteroatoms. The van der Waals surface area contributed by atoms with Crippen LogP contribution in [-0.2, 0) is 9.53 Å². The Morgan fingerprint density at radius 1 is 1.36 bits per heavy atom. The topological polar surface area (TPSA) is 79.9 Å². The van der Waals surface area contributed by atoms with Gasteiger partial charge >= 0.3 is 0 Å². The first kappa shape index (κ1) is 20.6. The van der Waals surface area contributed by atoms with Crippen LogP contribution in [0.5, 0.6) is 5.75 Å². The SMILES string of the molecule is COc1ccc(C(=O)N2CCOCC2)cc1NC(=O)CC(C)C1CCCNC1. The van der Waals surface area contributed by atoms with Crippen LogP contribution in [0.4, 0.5) is 5.69 Å². The molecule has 2 saturated heterocycles. The first-order valence-corrected chi connectivity index (χ1v) is 10.1. The summed E-state index contributed by atoms with van der Waals surface area (Å²) in [5.41, 5.74) is 1.09. The summed E-state index contributed by atoms with van der Waals surface area (Å²) in [6.45, 7) is 6.45. The molecule has 2 N–H and O–H groups in total. The maximum Gasteiger partial charge on any atom is 0.254 e. The first-order chi connectivity index (χ1) is 13.6. The van der Waals surface area contributed by atoms with Crippen LogP contribution in [0.25, 0.3) is 0 Å². The normalized spacial score (nSPS) is 21.1. The Kier molecular flexibility index (Phi) is 7.28. The minimum atomic E-state index is -0.0527. The van der Waals surface area contributed by atoms with Crippen molar-refractivity contribution < 1.29 is 19.1 Å². The minimum absolute atomic E-state index is 0.0488. The van der Waals surface area contributed by atoms with Gasteiger partial charge in [0.25, 0.3) is 5.91 Å². The Hall–Kier alpha value is -2.12. The molecule has 1 aromatic rings. The van der Waals surface area contributed by atoms with Crippen molar-refractivity contribution in [2.24, 2.45) is 11.8 Å². The molecule has 2 aliphatic heterocycles. The van der Waals surface area contributed by atoms with Gasteiger partial charge in [-0.2, -0.15) is 0 Å². The second-order valence-electron chi connectivity index (χ2n) is 7.66. The van der Waals surface area contributed by atoms with E-state index in [4.69, 9.17) is 9.47 Å². The van der Waals surface area contributed by atoms with E-state index in [9.17, 15) is 9.59 Å². The molecular formula is C21H31N3O4. The summed E-state index contributed by atoms with van der Waals surface area (Å²) in [7, 11) is 1.56. The molecule has 7 nitrogen and oxygen atoms in total. The summed E-state index contributed by atoms with van der Waals surface area (Å²) in [5.74, 6) is 1.28. The number of methoxy groups -OCH3 is 1. The van der Waals surface area contributed by atoms with Gasteiger partial charge in [0.1, 0.15) is 5.75 Å². The molecule has 0 saturated carbocycles. The fourth-order valence-corrected chi connectivity index (χ4v) is 3.91. The molecule has 0 bridgehead atoms. The fraction of sp³-hybridized carbons (Fsp3) is 0.619. The highest BCUT2D eigenvalue weighted by molar-refractivity contribution is 5.98. The summed E-state index contributed by atoms with van der Waals surface area (Å²) < 4.78 is 10.7. The Labute approximate surface area is 166 Å². The molecule has 154 valence electrons. The van der Waals surface area contributed by atoms with Gasteiger partial charge in [-0.1, -0.05) is 6.92 Å². The van der Waals surface area contributed by atoms with Crippen molar-refractivity contribution in [1.82, 2.24) is 10.2 Å². The van der Waals surface area contributed by atoms with Crippen molar-refractivity contribution >= 4 is 17.5 Å². The highest BCUT2D eigenvalue weighted by Gasteiger charge is 2.23. The van der Waals surface area contributed by atoms with Crippen LogP contribution >= 0.6 is 0 Å². The van der Waals surface area contributed by atoms with Crippen molar-refractivity contribution in [3.63, 3.8) is 0 Å². The van der Waals surface area contributed by atoms with E-state index in [2.05, 4.69) is 17.6 Å². The van der Waals surface area contributed by atoms with E-state index in [1.54, 1.807) is 30.2 Å². The van der Waals surface area contributed by atoms with Crippen LogP contribution in [0.15, 0.2) is 18.2 Å². The van der Waals surface area contributed by atoms with E-state index in [1.165, 1.54) is 0 Å². The molecule has 0 aliphatic carbocycles. The molecule has 1 aromatic carbocycles. The van der Waals surface area contributed by atoms with Crippen LogP contribution in [0.2, 0.25) is 0 Å². The van der Waals surface area contributed by atoms with Gasteiger partial charge < -0.3 is 25.0 Å². The Balaban J connectivity index is 1.65. The molecule has 2 fully saturated rings. The second-order valence-corrected chi connectivity index (χ2v) is 7.66. The van der Waals surface area contributed by atoms with Gasteiger partial charge in [0.15, 0.2) is 0 Å². The average molecular weight is 389 g/mol. The van der Waals surface area contributed by atoms with Crippen LogP contribution < -0.4 is 15.4 Å². The number of carbonyl (C=O) groups excluding carboxylic acids is 2. The molecule has 2 unspecified atom stereocenters. The molecular weight excluding hydrogens is 358 g/mol. The third-order valence-corrected chi connectivity index (χ3v) is 5.67. The minimum Gasteiger partial charge on any atom is -0.495 e. The Bertz CT molecular complexity index is 682. The third kappa shape index (κ3) is 5.23. The molecule has 0 aromatic heterocycles. The number of amides is 2.